The Kier molecular flexibility index (Phi) is 5.36. The van der Waals surface area contributed by atoms with Crippen molar-refractivity contribution in [3.63, 3.8) is 0 Å². The summed E-state index contributed by atoms with van der Waals surface area (Å²) in [5.74, 6) is -0.182. The minimum atomic E-state index is -0.213. The van der Waals surface area contributed by atoms with Crippen molar-refractivity contribution in [3.05, 3.63) is 64.7 Å². The summed E-state index contributed by atoms with van der Waals surface area (Å²) in [5.41, 5.74) is 1.81. The van der Waals surface area contributed by atoms with Gasteiger partial charge in [0.15, 0.2) is 0 Å². The zero-order valence-electron chi connectivity index (χ0n) is 14.0. The first-order valence-electron chi connectivity index (χ1n) is 8.18. The topological polar surface area (TPSA) is 52.6 Å². The average Bonchev–Trinajstić information content (AvgIpc) is 2.63. The van der Waals surface area contributed by atoms with Gasteiger partial charge in [-0.3, -0.25) is 9.59 Å². The molecule has 0 spiro atoms. The van der Waals surface area contributed by atoms with E-state index in [0.29, 0.717) is 21.8 Å². The van der Waals surface area contributed by atoms with Crippen molar-refractivity contribution >= 4 is 29.1 Å². The Balaban J connectivity index is 1.63. The van der Waals surface area contributed by atoms with Gasteiger partial charge in [-0.15, -0.1) is 0 Å². The molecular weight excluding hydrogens is 338 g/mol. The van der Waals surface area contributed by atoms with E-state index >= 15 is 0 Å². The molecule has 25 heavy (non-hydrogen) atoms. The van der Waals surface area contributed by atoms with Crippen LogP contribution in [0.15, 0.2) is 48.5 Å². The van der Waals surface area contributed by atoms with Crippen LogP contribution < -0.4 is 5.32 Å². The molecule has 0 aromatic heterocycles. The van der Waals surface area contributed by atoms with E-state index in [1.54, 1.807) is 48.5 Å². The van der Waals surface area contributed by atoms with Crippen LogP contribution in [-0.4, -0.2) is 54.8 Å². The van der Waals surface area contributed by atoms with Gasteiger partial charge in [-0.25, -0.2) is 0 Å². The summed E-state index contributed by atoms with van der Waals surface area (Å²) in [6.07, 6.45) is 0. The van der Waals surface area contributed by atoms with Crippen molar-refractivity contribution in [2.24, 2.45) is 0 Å². The molecule has 0 bridgehead atoms. The van der Waals surface area contributed by atoms with Crippen LogP contribution in [0.3, 0.4) is 0 Å². The third-order valence-electron chi connectivity index (χ3n) is 4.29. The van der Waals surface area contributed by atoms with Crippen molar-refractivity contribution < 1.29 is 9.59 Å². The number of halogens is 1. The third-order valence-corrected chi connectivity index (χ3v) is 4.54. The summed E-state index contributed by atoms with van der Waals surface area (Å²) in [4.78, 5) is 28.8. The number of hydrogen-bond donors (Lipinski definition) is 1. The van der Waals surface area contributed by atoms with Crippen LogP contribution in [-0.2, 0) is 0 Å². The fourth-order valence-electron chi connectivity index (χ4n) is 2.69. The SMILES string of the molecule is CN1CCN(C(=O)c2ccc(NC(=O)c3ccc(Cl)cc3)cc2)CC1. The monoisotopic (exact) mass is 357 g/mol. The van der Waals surface area contributed by atoms with Crippen molar-refractivity contribution in [2.75, 3.05) is 38.5 Å². The molecule has 1 N–H and O–H groups in total. The second kappa shape index (κ2) is 7.68. The Labute approximate surface area is 152 Å². The fourth-order valence-corrected chi connectivity index (χ4v) is 2.82. The molecule has 0 aliphatic carbocycles. The van der Waals surface area contributed by atoms with Crippen molar-refractivity contribution in [3.8, 4) is 0 Å². The first kappa shape index (κ1) is 17.5. The summed E-state index contributed by atoms with van der Waals surface area (Å²) in [5, 5.41) is 3.40. The van der Waals surface area contributed by atoms with Gasteiger partial charge in [-0.05, 0) is 55.6 Å². The van der Waals surface area contributed by atoms with Crippen molar-refractivity contribution in [1.29, 1.82) is 0 Å². The minimum Gasteiger partial charge on any atom is -0.336 e. The van der Waals surface area contributed by atoms with Crippen LogP contribution in [0.2, 0.25) is 5.02 Å². The number of benzene rings is 2. The molecule has 0 radical (unpaired) electrons. The van der Waals surface area contributed by atoms with Gasteiger partial charge < -0.3 is 15.1 Å². The van der Waals surface area contributed by atoms with Crippen molar-refractivity contribution in [1.82, 2.24) is 9.80 Å². The lowest BCUT2D eigenvalue weighted by Gasteiger charge is -2.32. The van der Waals surface area contributed by atoms with E-state index in [4.69, 9.17) is 11.6 Å². The summed E-state index contributed by atoms with van der Waals surface area (Å²) >= 11 is 5.83. The number of nitrogens with zero attached hydrogens (tertiary/aromatic N) is 2. The Hall–Kier alpha value is -2.37. The maximum Gasteiger partial charge on any atom is 0.255 e. The molecule has 1 saturated heterocycles. The quantitative estimate of drug-likeness (QED) is 0.918. The van der Waals surface area contributed by atoms with Crippen LogP contribution in [0.5, 0.6) is 0 Å². The standard InChI is InChI=1S/C19H20ClN3O2/c1-22-10-12-23(13-11-22)19(25)15-4-8-17(9-5-15)21-18(24)14-2-6-16(20)7-3-14/h2-9H,10-13H2,1H3,(H,21,24). The number of carbonyl (C=O) groups excluding carboxylic acids is 2. The molecule has 3 rings (SSSR count). The van der Waals surface area contributed by atoms with E-state index in [1.807, 2.05) is 4.90 Å². The lowest BCUT2D eigenvalue weighted by atomic mass is 10.1. The van der Waals surface area contributed by atoms with Crippen LogP contribution in [0.25, 0.3) is 0 Å². The Morgan fingerprint density at radius 2 is 1.44 bits per heavy atom. The van der Waals surface area contributed by atoms with Gasteiger partial charge in [0.25, 0.3) is 11.8 Å². The smallest absolute Gasteiger partial charge is 0.255 e. The van der Waals surface area contributed by atoms with Crippen molar-refractivity contribution in [2.45, 2.75) is 0 Å². The van der Waals surface area contributed by atoms with Crippen LogP contribution >= 0.6 is 11.6 Å². The molecule has 0 unspecified atom stereocenters. The normalized spacial score (nSPS) is 15.0. The Morgan fingerprint density at radius 3 is 2.04 bits per heavy atom. The second-order valence-electron chi connectivity index (χ2n) is 6.13. The van der Waals surface area contributed by atoms with E-state index in [1.165, 1.54) is 0 Å². The average molecular weight is 358 g/mol. The molecule has 6 heteroatoms. The molecular formula is C19H20ClN3O2. The van der Waals surface area contributed by atoms with E-state index in [-0.39, 0.29) is 11.8 Å². The van der Waals surface area contributed by atoms with Gasteiger partial charge in [0, 0.05) is 48.0 Å². The Morgan fingerprint density at radius 1 is 0.880 bits per heavy atom. The highest BCUT2D eigenvalue weighted by atomic mass is 35.5. The number of likely N-dealkylation sites (N-methyl/N-ethyl adjacent to an activating group) is 1. The number of hydrogen-bond acceptors (Lipinski definition) is 3. The number of piperazine rings is 1. The van der Waals surface area contributed by atoms with Crippen LogP contribution in [0.4, 0.5) is 5.69 Å². The lowest BCUT2D eigenvalue weighted by molar-refractivity contribution is 0.0664. The molecule has 1 fully saturated rings. The molecule has 0 saturated carbocycles. The molecule has 1 aliphatic rings. The number of nitrogens with one attached hydrogen (secondary N) is 1. The van der Waals surface area contributed by atoms with Gasteiger partial charge in [0.2, 0.25) is 0 Å². The minimum absolute atomic E-state index is 0.0312. The highest BCUT2D eigenvalue weighted by Crippen LogP contribution is 2.15. The summed E-state index contributed by atoms with van der Waals surface area (Å²) in [6, 6.07) is 13.7. The van der Waals surface area contributed by atoms with E-state index < -0.39 is 0 Å². The van der Waals surface area contributed by atoms with Crippen LogP contribution in [0, 0.1) is 0 Å². The number of rotatable bonds is 3. The predicted octanol–water partition coefficient (Wildman–Crippen LogP) is 2.98. The molecule has 0 atom stereocenters. The van der Waals surface area contributed by atoms with Gasteiger partial charge in [0.1, 0.15) is 0 Å². The van der Waals surface area contributed by atoms with Gasteiger partial charge >= 0.3 is 0 Å². The highest BCUT2D eigenvalue weighted by Gasteiger charge is 2.20. The second-order valence-corrected chi connectivity index (χ2v) is 6.57. The summed E-state index contributed by atoms with van der Waals surface area (Å²) < 4.78 is 0. The van der Waals surface area contributed by atoms with E-state index in [0.717, 1.165) is 26.2 Å². The molecule has 1 aliphatic heterocycles. The summed E-state index contributed by atoms with van der Waals surface area (Å²) in [7, 11) is 2.06. The van der Waals surface area contributed by atoms with Gasteiger partial charge in [0.05, 0.1) is 0 Å². The molecule has 5 nitrogen and oxygen atoms in total. The molecule has 2 aromatic rings. The highest BCUT2D eigenvalue weighted by molar-refractivity contribution is 6.30. The Bertz CT molecular complexity index is 751. The third kappa shape index (κ3) is 4.38. The first-order valence-corrected chi connectivity index (χ1v) is 8.55. The number of anilines is 1. The van der Waals surface area contributed by atoms with E-state index in [9.17, 15) is 9.59 Å². The zero-order valence-corrected chi connectivity index (χ0v) is 14.8. The zero-order chi connectivity index (χ0) is 17.8. The summed E-state index contributed by atoms with van der Waals surface area (Å²) in [6.45, 7) is 3.26. The maximum atomic E-state index is 12.5. The maximum absolute atomic E-state index is 12.5. The molecule has 1 heterocycles. The fraction of sp³-hybridized carbons (Fsp3) is 0.263. The molecule has 2 aromatic carbocycles. The van der Waals surface area contributed by atoms with Gasteiger partial charge in [-0.1, -0.05) is 11.6 Å². The lowest BCUT2D eigenvalue weighted by Crippen LogP contribution is -2.47. The number of carbonyl (C=O) groups is 2. The molecule has 2 amide bonds. The predicted molar refractivity (Wildman–Crippen MR) is 99.2 cm³/mol. The van der Waals surface area contributed by atoms with E-state index in [2.05, 4.69) is 17.3 Å². The van der Waals surface area contributed by atoms with Crippen LogP contribution in [0.1, 0.15) is 20.7 Å². The molecule has 130 valence electrons. The largest absolute Gasteiger partial charge is 0.336 e. The first-order chi connectivity index (χ1) is 12.0. The number of amides is 2. The van der Waals surface area contributed by atoms with Gasteiger partial charge in [-0.2, -0.15) is 0 Å².